The number of carbonyl (C=O) groups excluding carboxylic acids is 1. The second kappa shape index (κ2) is 8.56. The molecule has 1 heterocycles. The molecule has 0 saturated carbocycles. The number of carboxylic acid groups (broad SMARTS) is 1. The molecule has 0 saturated heterocycles. The van der Waals surface area contributed by atoms with Crippen LogP contribution in [0.2, 0.25) is 0 Å². The van der Waals surface area contributed by atoms with E-state index in [1.54, 1.807) is 11.8 Å². The molecule has 24 heavy (non-hydrogen) atoms. The van der Waals surface area contributed by atoms with Gasteiger partial charge in [0.2, 0.25) is 5.91 Å². The molecular formula is C17H21N3O3S. The fraction of sp³-hybridized carbons (Fsp3) is 0.353. The fourth-order valence-corrected chi connectivity index (χ4v) is 3.07. The van der Waals surface area contributed by atoms with Crippen molar-refractivity contribution in [3.63, 3.8) is 0 Å². The first-order valence-electron chi connectivity index (χ1n) is 7.68. The molecule has 1 aromatic carbocycles. The van der Waals surface area contributed by atoms with Crippen molar-refractivity contribution in [1.82, 2.24) is 15.2 Å². The Morgan fingerprint density at radius 3 is 2.67 bits per heavy atom. The molecule has 7 heteroatoms. The van der Waals surface area contributed by atoms with Gasteiger partial charge < -0.3 is 10.4 Å². The number of hydrogen-bond donors (Lipinski definition) is 2. The highest BCUT2D eigenvalue weighted by Gasteiger charge is 2.21. The molecule has 0 bridgehead atoms. The average molecular weight is 347 g/mol. The monoisotopic (exact) mass is 347 g/mol. The first-order valence-corrected chi connectivity index (χ1v) is 8.56. The molecule has 0 aliphatic carbocycles. The minimum atomic E-state index is -0.891. The minimum absolute atomic E-state index is 0.126. The third-order valence-corrected chi connectivity index (χ3v) is 4.47. The van der Waals surface area contributed by atoms with Crippen LogP contribution < -0.4 is 5.32 Å². The highest BCUT2D eigenvalue weighted by molar-refractivity contribution is 7.09. The molecule has 6 nitrogen and oxygen atoms in total. The number of aromatic nitrogens is 1. The molecule has 0 aliphatic rings. The summed E-state index contributed by atoms with van der Waals surface area (Å²) >= 11 is 1.51. The number of rotatable bonds is 8. The van der Waals surface area contributed by atoms with E-state index < -0.39 is 12.0 Å². The summed E-state index contributed by atoms with van der Waals surface area (Å²) in [7, 11) is 0. The van der Waals surface area contributed by atoms with Gasteiger partial charge in [-0.3, -0.25) is 14.5 Å². The topological polar surface area (TPSA) is 82.5 Å². The van der Waals surface area contributed by atoms with E-state index in [2.05, 4.69) is 10.3 Å². The van der Waals surface area contributed by atoms with Crippen molar-refractivity contribution in [2.45, 2.75) is 26.4 Å². The third kappa shape index (κ3) is 5.14. The standard InChI is InChI=1S/C17H21N3O3S/c1-12(17(22)23)20(9-8-18-13(2)21)10-16-19-15(11-24-16)14-6-4-3-5-7-14/h3-7,11-12H,8-10H2,1-2H3,(H,18,21)(H,22,23). The molecule has 1 atom stereocenters. The van der Waals surface area contributed by atoms with E-state index in [1.807, 2.05) is 35.7 Å². The third-order valence-electron chi connectivity index (χ3n) is 3.64. The maximum absolute atomic E-state index is 11.3. The number of thiazole rings is 1. The summed E-state index contributed by atoms with van der Waals surface area (Å²) in [6.45, 7) is 4.38. The summed E-state index contributed by atoms with van der Waals surface area (Å²) in [6, 6.07) is 9.21. The lowest BCUT2D eigenvalue weighted by Gasteiger charge is -2.25. The van der Waals surface area contributed by atoms with E-state index in [0.29, 0.717) is 19.6 Å². The second-order valence-corrected chi connectivity index (χ2v) is 6.40. The van der Waals surface area contributed by atoms with E-state index in [9.17, 15) is 14.7 Å². The summed E-state index contributed by atoms with van der Waals surface area (Å²) in [5.74, 6) is -1.02. The van der Waals surface area contributed by atoms with Crippen LogP contribution in [0, 0.1) is 0 Å². The smallest absolute Gasteiger partial charge is 0.320 e. The maximum atomic E-state index is 11.3. The first kappa shape index (κ1) is 18.1. The normalized spacial score (nSPS) is 12.1. The number of carbonyl (C=O) groups is 2. The number of carboxylic acids is 1. The molecule has 0 radical (unpaired) electrons. The van der Waals surface area contributed by atoms with Crippen LogP contribution in [0.15, 0.2) is 35.7 Å². The van der Waals surface area contributed by atoms with Crippen molar-refractivity contribution in [1.29, 1.82) is 0 Å². The van der Waals surface area contributed by atoms with Gasteiger partial charge in [-0.1, -0.05) is 30.3 Å². The summed E-state index contributed by atoms with van der Waals surface area (Å²) in [6.07, 6.45) is 0. The van der Waals surface area contributed by atoms with Crippen LogP contribution in [0.4, 0.5) is 0 Å². The van der Waals surface area contributed by atoms with E-state index in [0.717, 1.165) is 16.3 Å². The first-order chi connectivity index (χ1) is 11.5. The zero-order valence-electron chi connectivity index (χ0n) is 13.7. The van der Waals surface area contributed by atoms with Crippen LogP contribution in [-0.2, 0) is 16.1 Å². The van der Waals surface area contributed by atoms with Crippen molar-refractivity contribution in [2.75, 3.05) is 13.1 Å². The molecule has 2 N–H and O–H groups in total. The Kier molecular flexibility index (Phi) is 6.45. The number of nitrogens with one attached hydrogen (secondary N) is 1. The number of aliphatic carboxylic acids is 1. The summed E-state index contributed by atoms with van der Waals surface area (Å²) in [4.78, 5) is 28.7. The van der Waals surface area contributed by atoms with Crippen LogP contribution in [0.3, 0.4) is 0 Å². The second-order valence-electron chi connectivity index (χ2n) is 5.46. The van der Waals surface area contributed by atoms with Gasteiger partial charge in [-0.25, -0.2) is 4.98 Å². The van der Waals surface area contributed by atoms with Gasteiger partial charge in [-0.15, -0.1) is 11.3 Å². The van der Waals surface area contributed by atoms with Gasteiger partial charge in [-0.2, -0.15) is 0 Å². The predicted octanol–water partition coefficient (Wildman–Crippen LogP) is 2.22. The summed E-state index contributed by atoms with van der Waals surface area (Å²) in [5.41, 5.74) is 1.93. The molecule has 2 aromatic rings. The quantitative estimate of drug-likeness (QED) is 0.765. The zero-order chi connectivity index (χ0) is 17.5. The Labute approximate surface area is 145 Å². The molecule has 0 fully saturated rings. The van der Waals surface area contributed by atoms with Crippen LogP contribution >= 0.6 is 11.3 Å². The van der Waals surface area contributed by atoms with E-state index in [4.69, 9.17) is 0 Å². The van der Waals surface area contributed by atoms with Gasteiger partial charge in [-0.05, 0) is 6.92 Å². The van der Waals surface area contributed by atoms with Gasteiger partial charge in [0.25, 0.3) is 0 Å². The van der Waals surface area contributed by atoms with Crippen molar-refractivity contribution in [3.05, 3.63) is 40.7 Å². The summed E-state index contributed by atoms with van der Waals surface area (Å²) < 4.78 is 0. The molecule has 0 aliphatic heterocycles. The Morgan fingerprint density at radius 1 is 1.33 bits per heavy atom. The highest BCUT2D eigenvalue weighted by atomic mass is 32.1. The van der Waals surface area contributed by atoms with E-state index in [1.165, 1.54) is 18.3 Å². The number of hydrogen-bond acceptors (Lipinski definition) is 5. The Hall–Kier alpha value is -2.25. The molecule has 1 unspecified atom stereocenters. The SMILES string of the molecule is CC(=O)NCCN(Cc1nc(-c2ccccc2)cs1)C(C)C(=O)O. The van der Waals surface area contributed by atoms with Crippen LogP contribution in [-0.4, -0.2) is 46.0 Å². The highest BCUT2D eigenvalue weighted by Crippen LogP contribution is 2.22. The van der Waals surface area contributed by atoms with Gasteiger partial charge in [0.1, 0.15) is 11.0 Å². The fourth-order valence-electron chi connectivity index (χ4n) is 2.24. The Morgan fingerprint density at radius 2 is 2.04 bits per heavy atom. The maximum Gasteiger partial charge on any atom is 0.320 e. The molecule has 1 amide bonds. The van der Waals surface area contributed by atoms with E-state index in [-0.39, 0.29) is 5.91 Å². The van der Waals surface area contributed by atoms with Crippen LogP contribution in [0.25, 0.3) is 11.3 Å². The number of nitrogens with zero attached hydrogens (tertiary/aromatic N) is 2. The number of amides is 1. The van der Waals surface area contributed by atoms with Gasteiger partial charge in [0, 0.05) is 31.0 Å². The molecular weight excluding hydrogens is 326 g/mol. The average Bonchev–Trinajstić information content (AvgIpc) is 3.02. The van der Waals surface area contributed by atoms with Crippen LogP contribution in [0.5, 0.6) is 0 Å². The Balaban J connectivity index is 2.07. The minimum Gasteiger partial charge on any atom is -0.480 e. The van der Waals surface area contributed by atoms with Crippen molar-refractivity contribution in [3.8, 4) is 11.3 Å². The Bertz CT molecular complexity index is 687. The largest absolute Gasteiger partial charge is 0.480 e. The lowest BCUT2D eigenvalue weighted by molar-refractivity contribution is -0.142. The summed E-state index contributed by atoms with van der Waals surface area (Å²) in [5, 5.41) is 14.8. The molecule has 1 aromatic heterocycles. The van der Waals surface area contributed by atoms with Gasteiger partial charge >= 0.3 is 5.97 Å². The van der Waals surface area contributed by atoms with Crippen molar-refractivity contribution in [2.24, 2.45) is 0 Å². The predicted molar refractivity (Wildman–Crippen MR) is 93.7 cm³/mol. The lowest BCUT2D eigenvalue weighted by atomic mass is 10.2. The van der Waals surface area contributed by atoms with E-state index >= 15 is 0 Å². The van der Waals surface area contributed by atoms with Crippen molar-refractivity contribution >= 4 is 23.2 Å². The molecule has 128 valence electrons. The molecule has 0 spiro atoms. The van der Waals surface area contributed by atoms with Crippen molar-refractivity contribution < 1.29 is 14.7 Å². The zero-order valence-corrected chi connectivity index (χ0v) is 14.5. The molecule has 2 rings (SSSR count). The number of benzene rings is 1. The van der Waals surface area contributed by atoms with Gasteiger partial charge in [0.15, 0.2) is 0 Å². The lowest BCUT2D eigenvalue weighted by Crippen LogP contribution is -2.42. The van der Waals surface area contributed by atoms with Crippen LogP contribution in [0.1, 0.15) is 18.9 Å². The van der Waals surface area contributed by atoms with Gasteiger partial charge in [0.05, 0.1) is 12.2 Å².